The number of rotatable bonds is 4. The summed E-state index contributed by atoms with van der Waals surface area (Å²) in [4.78, 5) is 7.58. The van der Waals surface area contributed by atoms with Crippen LogP contribution in [0.4, 0.5) is 0 Å². The van der Waals surface area contributed by atoms with Gasteiger partial charge in [0.25, 0.3) is 0 Å². The van der Waals surface area contributed by atoms with Crippen LogP contribution in [0, 0.1) is 6.92 Å². The molecule has 0 spiro atoms. The molecule has 2 aliphatic rings. The molecule has 0 bridgehead atoms. The molecule has 0 aromatic carbocycles. The third-order valence-corrected chi connectivity index (χ3v) is 8.77. The zero-order valence-corrected chi connectivity index (χ0v) is 17.2. The monoisotopic (exact) mass is 486 g/mol. The first-order valence-electron chi connectivity index (χ1n) is 8.77. The molecule has 0 amide bonds. The number of aryl methyl sites for hydroxylation is 1. The zero-order valence-electron chi connectivity index (χ0n) is 14.2. The average molecular weight is 486 g/mol. The minimum atomic E-state index is -3.17. The van der Waals surface area contributed by atoms with E-state index in [1.54, 1.807) is 6.20 Å². The normalized spacial score (nSPS) is 26.9. The average Bonchev–Trinajstić information content (AvgIpc) is 3.16. The maximum absolute atomic E-state index is 12.3. The van der Waals surface area contributed by atoms with Crippen LogP contribution in [-0.4, -0.2) is 48.2 Å². The lowest BCUT2D eigenvalue weighted by atomic mass is 10.1. The van der Waals surface area contributed by atoms with Gasteiger partial charge >= 0.3 is 0 Å². The highest BCUT2D eigenvalue weighted by atomic mass is 127. The predicted molar refractivity (Wildman–Crippen MR) is 106 cm³/mol. The maximum atomic E-state index is 12.3. The lowest BCUT2D eigenvalue weighted by Crippen LogP contribution is -2.35. The number of fused-ring (bicyclic) bond motifs is 3. The van der Waals surface area contributed by atoms with E-state index in [1.807, 2.05) is 13.1 Å². The van der Waals surface area contributed by atoms with Gasteiger partial charge in [0.1, 0.15) is 5.82 Å². The molecule has 0 unspecified atom stereocenters. The van der Waals surface area contributed by atoms with Crippen molar-refractivity contribution in [1.29, 1.82) is 0 Å². The summed E-state index contributed by atoms with van der Waals surface area (Å²) in [5.74, 6) is 1.04. The van der Waals surface area contributed by atoms with Crippen LogP contribution < -0.4 is 4.72 Å². The van der Waals surface area contributed by atoms with E-state index in [-0.39, 0.29) is 17.2 Å². The van der Waals surface area contributed by atoms with Crippen LogP contribution in [0.1, 0.15) is 43.0 Å². The van der Waals surface area contributed by atoms with Gasteiger partial charge in [-0.1, -0.05) is 22.6 Å². The summed E-state index contributed by atoms with van der Waals surface area (Å²) >= 11 is 2.42. The van der Waals surface area contributed by atoms with Gasteiger partial charge in [-0.15, -0.1) is 10.2 Å². The number of nitrogens with zero attached hydrogens (tertiary/aromatic N) is 4. The maximum Gasteiger partial charge on any atom is 0.214 e. The van der Waals surface area contributed by atoms with Crippen molar-refractivity contribution in [3.8, 4) is 0 Å². The Labute approximate surface area is 164 Å². The molecule has 3 aromatic rings. The summed E-state index contributed by atoms with van der Waals surface area (Å²) in [5, 5.41) is 8.57. The molecule has 3 aromatic heterocycles. The second-order valence-corrected chi connectivity index (χ2v) is 10.9. The highest BCUT2D eigenvalue weighted by molar-refractivity contribution is 14.1. The minimum absolute atomic E-state index is 0.0375. The molecule has 3 heterocycles. The van der Waals surface area contributed by atoms with Crippen LogP contribution in [0.2, 0.25) is 0 Å². The van der Waals surface area contributed by atoms with Gasteiger partial charge in [0.05, 0.1) is 17.0 Å². The van der Waals surface area contributed by atoms with Crippen LogP contribution in [0.25, 0.3) is 16.8 Å². The van der Waals surface area contributed by atoms with E-state index < -0.39 is 10.0 Å². The Bertz CT molecular complexity index is 1100. The van der Waals surface area contributed by atoms with Crippen LogP contribution >= 0.6 is 22.6 Å². The second-order valence-electron chi connectivity index (χ2n) is 7.33. The number of hydrogen-bond donors (Lipinski definition) is 2. The molecule has 2 N–H and O–H groups in total. The number of sulfonamides is 1. The Balaban J connectivity index is 1.52. The first-order valence-corrected chi connectivity index (χ1v) is 11.6. The Morgan fingerprint density at radius 2 is 2.12 bits per heavy atom. The van der Waals surface area contributed by atoms with Crippen LogP contribution in [0.5, 0.6) is 0 Å². The van der Waals surface area contributed by atoms with Gasteiger partial charge in [0.15, 0.2) is 11.3 Å². The Kier molecular flexibility index (Phi) is 3.80. The molecule has 8 nitrogen and oxygen atoms in total. The van der Waals surface area contributed by atoms with Gasteiger partial charge in [-0.05, 0) is 38.2 Å². The molecule has 10 heteroatoms. The van der Waals surface area contributed by atoms with E-state index in [1.165, 1.54) is 0 Å². The molecule has 2 aliphatic carbocycles. The fraction of sp³-hybridized carbons (Fsp3) is 0.562. The fourth-order valence-corrected chi connectivity index (χ4v) is 6.76. The number of aromatic amines is 1. The van der Waals surface area contributed by atoms with E-state index in [4.69, 9.17) is 0 Å². The smallest absolute Gasteiger partial charge is 0.214 e. The Hall–Kier alpha value is -1.27. The van der Waals surface area contributed by atoms with E-state index in [9.17, 15) is 8.42 Å². The van der Waals surface area contributed by atoms with E-state index in [0.717, 1.165) is 53.9 Å². The third-order valence-electron chi connectivity index (χ3n) is 5.38. The van der Waals surface area contributed by atoms with Crippen molar-refractivity contribution in [2.75, 3.05) is 0 Å². The highest BCUT2D eigenvalue weighted by Crippen LogP contribution is 2.40. The van der Waals surface area contributed by atoms with Gasteiger partial charge in [-0.25, -0.2) is 18.1 Å². The van der Waals surface area contributed by atoms with Gasteiger partial charge in [0, 0.05) is 22.1 Å². The SMILES string of the molecule is Cc1c[nH]c2ncc3nnc([C@H]4C[C@@H](NS(=O)(=O)C5CC5)C[C@H]4I)n3c12. The molecule has 0 aliphatic heterocycles. The Morgan fingerprint density at radius 1 is 1.31 bits per heavy atom. The van der Waals surface area contributed by atoms with Crippen molar-refractivity contribution < 1.29 is 8.42 Å². The van der Waals surface area contributed by atoms with Crippen molar-refractivity contribution in [2.24, 2.45) is 0 Å². The summed E-state index contributed by atoms with van der Waals surface area (Å²) in [7, 11) is -3.17. The molecule has 0 saturated heterocycles. The largest absolute Gasteiger partial charge is 0.345 e. The van der Waals surface area contributed by atoms with Crippen molar-refractivity contribution in [1.82, 2.24) is 29.3 Å². The van der Waals surface area contributed by atoms with E-state index >= 15 is 0 Å². The van der Waals surface area contributed by atoms with Crippen molar-refractivity contribution >= 4 is 49.4 Å². The summed E-state index contributed by atoms with van der Waals surface area (Å²) in [5.41, 5.74) is 3.62. The molecule has 138 valence electrons. The number of aromatic nitrogens is 5. The number of hydrogen-bond acceptors (Lipinski definition) is 5. The molecule has 2 saturated carbocycles. The molecule has 2 fully saturated rings. The summed E-state index contributed by atoms with van der Waals surface area (Å²) < 4.78 is 29.9. The van der Waals surface area contributed by atoms with Crippen LogP contribution in [-0.2, 0) is 10.0 Å². The van der Waals surface area contributed by atoms with E-state index in [0.29, 0.717) is 3.92 Å². The standard InChI is InChI=1S/C16H19IN6O2S/c1-8-6-18-15-14(8)23-13(7-19-15)20-21-16(23)11-4-9(5-12(11)17)22-26(24,25)10-2-3-10/h6-7,9-12,18,22H,2-5H2,1H3/t9-,11+,12-/m1/s1. The van der Waals surface area contributed by atoms with Crippen LogP contribution in [0.3, 0.4) is 0 Å². The Morgan fingerprint density at radius 3 is 2.88 bits per heavy atom. The molecular weight excluding hydrogens is 467 g/mol. The molecule has 5 rings (SSSR count). The molecule has 26 heavy (non-hydrogen) atoms. The van der Waals surface area contributed by atoms with Gasteiger partial charge in [-0.3, -0.25) is 4.40 Å². The molecule has 3 atom stereocenters. The van der Waals surface area contributed by atoms with Gasteiger partial charge in [-0.2, -0.15) is 0 Å². The quantitative estimate of drug-likeness (QED) is 0.434. The van der Waals surface area contributed by atoms with Crippen LogP contribution in [0.15, 0.2) is 12.4 Å². The van der Waals surface area contributed by atoms with Crippen molar-refractivity contribution in [3.63, 3.8) is 0 Å². The first-order chi connectivity index (χ1) is 12.4. The third kappa shape index (κ3) is 2.64. The second kappa shape index (κ2) is 5.86. The lowest BCUT2D eigenvalue weighted by Gasteiger charge is -2.13. The number of nitrogens with one attached hydrogen (secondary N) is 2. The molecule has 0 radical (unpaired) electrons. The summed E-state index contributed by atoms with van der Waals surface area (Å²) in [6, 6.07) is -0.0375. The fourth-order valence-electron chi connectivity index (χ4n) is 3.92. The highest BCUT2D eigenvalue weighted by Gasteiger charge is 2.42. The number of alkyl halides is 1. The van der Waals surface area contributed by atoms with E-state index in [2.05, 4.69) is 51.9 Å². The zero-order chi connectivity index (χ0) is 18.1. The first kappa shape index (κ1) is 16.9. The van der Waals surface area contributed by atoms with Crippen molar-refractivity contribution in [2.45, 2.75) is 53.7 Å². The van der Waals surface area contributed by atoms with Gasteiger partial charge < -0.3 is 4.98 Å². The predicted octanol–water partition coefficient (Wildman–Crippen LogP) is 2.05. The minimum Gasteiger partial charge on any atom is -0.345 e. The summed E-state index contributed by atoms with van der Waals surface area (Å²) in [6.07, 6.45) is 6.78. The number of halogens is 1. The van der Waals surface area contributed by atoms with Gasteiger partial charge in [0.2, 0.25) is 10.0 Å². The molecular formula is C16H19IN6O2S. The number of H-pyrrole nitrogens is 1. The topological polar surface area (TPSA) is 105 Å². The lowest BCUT2D eigenvalue weighted by molar-refractivity contribution is 0.545. The van der Waals surface area contributed by atoms with Crippen molar-refractivity contribution in [3.05, 3.63) is 23.8 Å². The summed E-state index contributed by atoms with van der Waals surface area (Å²) in [6.45, 7) is 2.03.